The molecule has 0 aliphatic rings. The van der Waals surface area contributed by atoms with Crippen LogP contribution in [0.3, 0.4) is 0 Å². The van der Waals surface area contributed by atoms with Crippen LogP contribution in [0.15, 0.2) is 24.3 Å². The number of carboxylic acids is 1. The number of rotatable bonds is 6. The molecule has 0 aliphatic heterocycles. The van der Waals surface area contributed by atoms with E-state index in [2.05, 4.69) is 0 Å². The van der Waals surface area contributed by atoms with Crippen molar-refractivity contribution in [2.24, 2.45) is 5.73 Å². The van der Waals surface area contributed by atoms with Gasteiger partial charge in [-0.15, -0.1) is 0 Å². The minimum Gasteiger partial charge on any atom is -0.480 e. The molecule has 3 N–H and O–H groups in total. The molecule has 0 saturated carbocycles. The molecule has 0 fully saturated rings. The second-order valence-corrected chi connectivity index (χ2v) is 4.35. The topological polar surface area (TPSA) is 101 Å². The van der Waals surface area contributed by atoms with Crippen LogP contribution in [-0.2, 0) is 20.8 Å². The summed E-state index contributed by atoms with van der Waals surface area (Å²) in [6.45, 7) is -0.992. The SMILES string of the molecule is NC(=O)CN(CC(=O)O)C(=O)Cc1cccc(Cl)c1. The van der Waals surface area contributed by atoms with Gasteiger partial charge in [-0.25, -0.2) is 0 Å². The van der Waals surface area contributed by atoms with Crippen LogP contribution in [0.4, 0.5) is 0 Å². The lowest BCUT2D eigenvalue weighted by atomic mass is 10.1. The van der Waals surface area contributed by atoms with E-state index in [0.29, 0.717) is 10.6 Å². The number of nitrogens with two attached hydrogens (primary N) is 1. The Morgan fingerprint density at radius 1 is 1.26 bits per heavy atom. The number of amides is 2. The molecular formula is C12H13ClN2O4. The number of primary amides is 1. The molecule has 1 rings (SSSR count). The number of hydrogen-bond acceptors (Lipinski definition) is 3. The Bertz CT molecular complexity index is 488. The number of halogens is 1. The van der Waals surface area contributed by atoms with Gasteiger partial charge in [-0.3, -0.25) is 14.4 Å². The zero-order valence-corrected chi connectivity index (χ0v) is 10.8. The molecule has 6 nitrogen and oxygen atoms in total. The Morgan fingerprint density at radius 2 is 1.95 bits per heavy atom. The van der Waals surface area contributed by atoms with Crippen molar-refractivity contribution in [3.63, 3.8) is 0 Å². The van der Waals surface area contributed by atoms with Crippen molar-refractivity contribution in [3.05, 3.63) is 34.9 Å². The fraction of sp³-hybridized carbons (Fsp3) is 0.250. The van der Waals surface area contributed by atoms with Gasteiger partial charge >= 0.3 is 5.97 Å². The molecule has 0 aliphatic carbocycles. The van der Waals surface area contributed by atoms with Crippen LogP contribution < -0.4 is 5.73 Å². The highest BCUT2D eigenvalue weighted by molar-refractivity contribution is 6.30. The summed E-state index contributed by atoms with van der Waals surface area (Å²) in [6.07, 6.45) is -0.0406. The second kappa shape index (κ2) is 6.75. The number of carbonyl (C=O) groups is 3. The number of nitrogens with zero attached hydrogens (tertiary/aromatic N) is 1. The molecule has 0 bridgehead atoms. The van der Waals surface area contributed by atoms with E-state index >= 15 is 0 Å². The summed E-state index contributed by atoms with van der Waals surface area (Å²) in [4.78, 5) is 34.3. The molecule has 2 amide bonds. The Labute approximate surface area is 114 Å². The summed E-state index contributed by atoms with van der Waals surface area (Å²) in [7, 11) is 0. The first kappa shape index (κ1) is 15.0. The zero-order valence-electron chi connectivity index (χ0n) is 10.0. The molecule has 7 heteroatoms. The molecule has 1 aromatic rings. The standard InChI is InChI=1S/C12H13ClN2O4/c13-9-3-1-2-8(4-9)5-11(17)15(6-10(14)16)7-12(18)19/h1-4H,5-7H2,(H2,14,16)(H,18,19). The molecule has 0 unspecified atom stereocenters. The van der Waals surface area contributed by atoms with Gasteiger partial charge in [0.1, 0.15) is 6.54 Å². The predicted octanol–water partition coefficient (Wildman–Crippen LogP) is 0.281. The molecular weight excluding hydrogens is 272 g/mol. The van der Waals surface area contributed by atoms with Crippen molar-refractivity contribution in [2.45, 2.75) is 6.42 Å². The molecule has 0 spiro atoms. The van der Waals surface area contributed by atoms with Crippen LogP contribution in [0.5, 0.6) is 0 Å². The number of aliphatic carboxylic acids is 1. The average molecular weight is 285 g/mol. The van der Waals surface area contributed by atoms with E-state index in [1.165, 1.54) is 0 Å². The third-order valence-electron chi connectivity index (χ3n) is 2.27. The highest BCUT2D eigenvalue weighted by atomic mass is 35.5. The van der Waals surface area contributed by atoms with E-state index < -0.39 is 30.9 Å². The lowest BCUT2D eigenvalue weighted by Gasteiger charge is -2.18. The second-order valence-electron chi connectivity index (χ2n) is 3.92. The zero-order chi connectivity index (χ0) is 14.4. The smallest absolute Gasteiger partial charge is 0.323 e. The first-order chi connectivity index (χ1) is 8.88. The largest absolute Gasteiger partial charge is 0.480 e. The van der Waals surface area contributed by atoms with Gasteiger partial charge in [0.05, 0.1) is 13.0 Å². The van der Waals surface area contributed by atoms with E-state index in [1.54, 1.807) is 24.3 Å². The third-order valence-corrected chi connectivity index (χ3v) is 2.50. The van der Waals surface area contributed by atoms with E-state index in [9.17, 15) is 14.4 Å². The number of benzene rings is 1. The maximum absolute atomic E-state index is 11.9. The van der Waals surface area contributed by atoms with Crippen LogP contribution in [0, 0.1) is 0 Å². The summed E-state index contributed by atoms with van der Waals surface area (Å²) in [6, 6.07) is 6.63. The lowest BCUT2D eigenvalue weighted by Crippen LogP contribution is -2.42. The summed E-state index contributed by atoms with van der Waals surface area (Å²) in [5, 5.41) is 9.17. The van der Waals surface area contributed by atoms with Crippen LogP contribution in [-0.4, -0.2) is 40.9 Å². The number of hydrogen-bond donors (Lipinski definition) is 2. The Balaban J connectivity index is 2.76. The van der Waals surface area contributed by atoms with Crippen LogP contribution in [0.2, 0.25) is 5.02 Å². The normalized spacial score (nSPS) is 9.95. The molecule has 0 aromatic heterocycles. The Hall–Kier alpha value is -2.08. The van der Waals surface area contributed by atoms with Crippen LogP contribution in [0.1, 0.15) is 5.56 Å². The van der Waals surface area contributed by atoms with Crippen molar-refractivity contribution in [1.82, 2.24) is 4.90 Å². The molecule has 0 saturated heterocycles. The molecule has 0 heterocycles. The fourth-order valence-corrected chi connectivity index (χ4v) is 1.73. The Morgan fingerprint density at radius 3 is 2.47 bits per heavy atom. The van der Waals surface area contributed by atoms with Crippen LogP contribution >= 0.6 is 11.6 Å². The van der Waals surface area contributed by atoms with Gasteiger partial charge in [-0.05, 0) is 17.7 Å². The van der Waals surface area contributed by atoms with E-state index in [0.717, 1.165) is 4.90 Å². The van der Waals surface area contributed by atoms with Gasteiger partial charge in [0.25, 0.3) is 0 Å². The van der Waals surface area contributed by atoms with E-state index in [-0.39, 0.29) is 6.42 Å². The van der Waals surface area contributed by atoms with Gasteiger partial charge in [-0.2, -0.15) is 0 Å². The summed E-state index contributed by atoms with van der Waals surface area (Å²) >= 11 is 5.78. The predicted molar refractivity (Wildman–Crippen MR) is 68.6 cm³/mol. The minimum absolute atomic E-state index is 0.0406. The summed E-state index contributed by atoms with van der Waals surface area (Å²) < 4.78 is 0. The lowest BCUT2D eigenvalue weighted by molar-refractivity contribution is -0.145. The minimum atomic E-state index is -1.21. The fourth-order valence-electron chi connectivity index (χ4n) is 1.52. The monoisotopic (exact) mass is 284 g/mol. The third kappa shape index (κ3) is 5.39. The van der Waals surface area contributed by atoms with Gasteiger partial charge in [0.15, 0.2) is 0 Å². The first-order valence-corrected chi connectivity index (χ1v) is 5.78. The molecule has 0 radical (unpaired) electrons. The quantitative estimate of drug-likeness (QED) is 0.783. The van der Waals surface area contributed by atoms with E-state index in [4.69, 9.17) is 22.4 Å². The Kier molecular flexibility index (Phi) is 5.32. The maximum Gasteiger partial charge on any atom is 0.323 e. The first-order valence-electron chi connectivity index (χ1n) is 5.41. The highest BCUT2D eigenvalue weighted by Gasteiger charge is 2.18. The van der Waals surface area contributed by atoms with Gasteiger partial charge in [0, 0.05) is 5.02 Å². The van der Waals surface area contributed by atoms with Crippen molar-refractivity contribution < 1.29 is 19.5 Å². The molecule has 102 valence electrons. The van der Waals surface area contributed by atoms with Gasteiger partial charge < -0.3 is 15.7 Å². The van der Waals surface area contributed by atoms with Gasteiger partial charge in [0.2, 0.25) is 11.8 Å². The summed E-state index contributed by atoms with van der Waals surface area (Å²) in [5.41, 5.74) is 5.61. The average Bonchev–Trinajstić information content (AvgIpc) is 2.26. The molecule has 19 heavy (non-hydrogen) atoms. The molecule has 0 atom stereocenters. The van der Waals surface area contributed by atoms with Crippen molar-refractivity contribution in [3.8, 4) is 0 Å². The highest BCUT2D eigenvalue weighted by Crippen LogP contribution is 2.12. The number of carboxylic acid groups (broad SMARTS) is 1. The van der Waals surface area contributed by atoms with E-state index in [1.807, 2.05) is 0 Å². The van der Waals surface area contributed by atoms with Crippen LogP contribution in [0.25, 0.3) is 0 Å². The maximum atomic E-state index is 11.9. The number of carbonyl (C=O) groups excluding carboxylic acids is 2. The van der Waals surface area contributed by atoms with Gasteiger partial charge in [-0.1, -0.05) is 23.7 Å². The molecule has 1 aromatic carbocycles. The van der Waals surface area contributed by atoms with Crippen molar-refractivity contribution in [1.29, 1.82) is 0 Å². The summed E-state index contributed by atoms with van der Waals surface area (Å²) in [5.74, 6) is -2.47. The van der Waals surface area contributed by atoms with Crippen molar-refractivity contribution in [2.75, 3.05) is 13.1 Å². The van der Waals surface area contributed by atoms with Crippen molar-refractivity contribution >= 4 is 29.4 Å².